The average molecular weight is 381 g/mol. The van der Waals surface area contributed by atoms with Crippen molar-refractivity contribution in [2.24, 2.45) is 0 Å². The Bertz CT molecular complexity index is 558. The zero-order valence-electron chi connectivity index (χ0n) is 12.2. The van der Waals surface area contributed by atoms with Crippen LogP contribution in [0.15, 0.2) is 22.7 Å². The molecule has 0 saturated carbocycles. The van der Waals surface area contributed by atoms with Crippen LogP contribution in [0.4, 0.5) is 13.2 Å². The van der Waals surface area contributed by atoms with E-state index < -0.39 is 12.8 Å². The molecule has 1 aliphatic rings. The van der Waals surface area contributed by atoms with E-state index in [4.69, 9.17) is 4.74 Å². The predicted molar refractivity (Wildman–Crippen MR) is 79.1 cm³/mol. The molecule has 0 N–H and O–H groups in total. The SMILES string of the molecule is CN(C)C1CN(C(=O)c2cc(Br)cc(OCC(F)(F)F)c2)C1. The van der Waals surface area contributed by atoms with Crippen LogP contribution in [-0.4, -0.2) is 61.7 Å². The standard InChI is InChI=1S/C14H16BrF3N2O2/c1-19(2)11-6-20(7-11)13(21)9-3-10(15)5-12(4-9)22-8-14(16,17)18/h3-5,11H,6-8H2,1-2H3. The quantitative estimate of drug-likeness (QED) is 0.804. The smallest absolute Gasteiger partial charge is 0.422 e. The molecule has 1 aromatic carbocycles. The third kappa shape index (κ3) is 4.36. The van der Waals surface area contributed by atoms with E-state index in [9.17, 15) is 18.0 Å². The third-order valence-corrected chi connectivity index (χ3v) is 3.86. The van der Waals surface area contributed by atoms with Crippen LogP contribution in [0.3, 0.4) is 0 Å². The van der Waals surface area contributed by atoms with Crippen LogP contribution >= 0.6 is 15.9 Å². The van der Waals surface area contributed by atoms with E-state index in [1.165, 1.54) is 12.1 Å². The monoisotopic (exact) mass is 380 g/mol. The molecule has 0 unspecified atom stereocenters. The maximum Gasteiger partial charge on any atom is 0.422 e. The fourth-order valence-electron chi connectivity index (χ4n) is 2.07. The lowest BCUT2D eigenvalue weighted by Crippen LogP contribution is -2.59. The number of benzene rings is 1. The first-order chi connectivity index (χ1) is 10.2. The van der Waals surface area contributed by atoms with Gasteiger partial charge in [-0.2, -0.15) is 13.2 Å². The molecular weight excluding hydrogens is 365 g/mol. The van der Waals surface area contributed by atoms with Gasteiger partial charge >= 0.3 is 6.18 Å². The molecule has 1 aliphatic heterocycles. The van der Waals surface area contributed by atoms with Gasteiger partial charge in [-0.25, -0.2) is 0 Å². The van der Waals surface area contributed by atoms with Gasteiger partial charge in [0.15, 0.2) is 6.61 Å². The van der Waals surface area contributed by atoms with Crippen molar-refractivity contribution >= 4 is 21.8 Å². The van der Waals surface area contributed by atoms with E-state index in [0.717, 1.165) is 0 Å². The van der Waals surface area contributed by atoms with Gasteiger partial charge in [0.05, 0.1) is 0 Å². The zero-order chi connectivity index (χ0) is 16.5. The first-order valence-electron chi connectivity index (χ1n) is 6.61. The first-order valence-corrected chi connectivity index (χ1v) is 7.41. The van der Waals surface area contributed by atoms with E-state index in [0.29, 0.717) is 29.2 Å². The van der Waals surface area contributed by atoms with Gasteiger partial charge in [0, 0.05) is 29.2 Å². The molecule has 122 valence electrons. The van der Waals surface area contributed by atoms with Crippen molar-refractivity contribution in [1.82, 2.24) is 9.80 Å². The van der Waals surface area contributed by atoms with E-state index in [2.05, 4.69) is 15.9 Å². The molecule has 0 bridgehead atoms. The fourth-order valence-corrected chi connectivity index (χ4v) is 2.54. The van der Waals surface area contributed by atoms with Crippen LogP contribution in [0.2, 0.25) is 0 Å². The second-order valence-corrected chi connectivity index (χ2v) is 6.32. The Hall–Kier alpha value is -1.28. The molecule has 0 aromatic heterocycles. The molecule has 8 heteroatoms. The summed E-state index contributed by atoms with van der Waals surface area (Å²) in [5, 5.41) is 0. The summed E-state index contributed by atoms with van der Waals surface area (Å²) in [4.78, 5) is 16.0. The summed E-state index contributed by atoms with van der Waals surface area (Å²) in [6.07, 6.45) is -4.41. The molecule has 22 heavy (non-hydrogen) atoms. The number of alkyl halides is 3. The summed E-state index contributed by atoms with van der Waals surface area (Å²) in [5.74, 6) is -0.198. The van der Waals surface area contributed by atoms with E-state index in [1.54, 1.807) is 11.0 Å². The van der Waals surface area contributed by atoms with Gasteiger partial charge in [-0.15, -0.1) is 0 Å². The fraction of sp³-hybridized carbons (Fsp3) is 0.500. The number of nitrogens with zero attached hydrogens (tertiary/aromatic N) is 2. The van der Waals surface area contributed by atoms with Crippen molar-refractivity contribution in [1.29, 1.82) is 0 Å². The van der Waals surface area contributed by atoms with Crippen molar-refractivity contribution in [3.05, 3.63) is 28.2 Å². The number of likely N-dealkylation sites (tertiary alicyclic amines) is 1. The molecule has 1 fully saturated rings. The van der Waals surface area contributed by atoms with Crippen molar-refractivity contribution in [3.8, 4) is 5.75 Å². The average Bonchev–Trinajstić information content (AvgIpc) is 2.32. The minimum atomic E-state index is -4.41. The summed E-state index contributed by atoms with van der Waals surface area (Å²) in [6, 6.07) is 4.63. The highest BCUT2D eigenvalue weighted by atomic mass is 79.9. The summed E-state index contributed by atoms with van der Waals surface area (Å²) in [6.45, 7) is -0.169. The van der Waals surface area contributed by atoms with Crippen molar-refractivity contribution in [2.45, 2.75) is 12.2 Å². The summed E-state index contributed by atoms with van der Waals surface area (Å²) in [7, 11) is 3.88. The van der Waals surface area contributed by atoms with Crippen molar-refractivity contribution < 1.29 is 22.7 Å². The number of likely N-dealkylation sites (N-methyl/N-ethyl adjacent to an activating group) is 1. The van der Waals surface area contributed by atoms with E-state index in [1.807, 2.05) is 19.0 Å². The van der Waals surface area contributed by atoms with Gasteiger partial charge in [0.1, 0.15) is 5.75 Å². The Morgan fingerprint density at radius 3 is 2.55 bits per heavy atom. The Labute approximate surface area is 135 Å². The van der Waals surface area contributed by atoms with Crippen LogP contribution in [0, 0.1) is 0 Å². The van der Waals surface area contributed by atoms with Crippen molar-refractivity contribution in [2.75, 3.05) is 33.8 Å². The van der Waals surface area contributed by atoms with Gasteiger partial charge in [0.25, 0.3) is 5.91 Å². The van der Waals surface area contributed by atoms with Gasteiger partial charge in [0.2, 0.25) is 0 Å². The molecule has 1 heterocycles. The Balaban J connectivity index is 2.05. The molecule has 0 radical (unpaired) electrons. The third-order valence-electron chi connectivity index (χ3n) is 3.40. The van der Waals surface area contributed by atoms with Crippen molar-refractivity contribution in [3.63, 3.8) is 0 Å². The lowest BCUT2D eigenvalue weighted by atomic mass is 10.1. The first kappa shape index (κ1) is 17.1. The summed E-state index contributed by atoms with van der Waals surface area (Å²) in [5.41, 5.74) is 0.309. The molecule has 0 atom stereocenters. The number of amides is 1. The van der Waals surface area contributed by atoms with Crippen LogP contribution < -0.4 is 4.74 Å². The van der Waals surface area contributed by atoms with Crippen LogP contribution in [0.25, 0.3) is 0 Å². The summed E-state index contributed by atoms with van der Waals surface area (Å²) >= 11 is 3.19. The van der Waals surface area contributed by atoms with E-state index in [-0.39, 0.29) is 11.7 Å². The Morgan fingerprint density at radius 2 is 2.00 bits per heavy atom. The van der Waals surface area contributed by atoms with Crippen LogP contribution in [-0.2, 0) is 0 Å². The lowest BCUT2D eigenvalue weighted by Gasteiger charge is -2.42. The number of carbonyl (C=O) groups excluding carboxylic acids is 1. The number of carbonyl (C=O) groups is 1. The van der Waals surface area contributed by atoms with Crippen LogP contribution in [0.5, 0.6) is 5.75 Å². The van der Waals surface area contributed by atoms with Gasteiger partial charge < -0.3 is 14.5 Å². The lowest BCUT2D eigenvalue weighted by molar-refractivity contribution is -0.153. The second kappa shape index (κ2) is 6.45. The molecule has 1 saturated heterocycles. The second-order valence-electron chi connectivity index (χ2n) is 5.41. The molecule has 0 aliphatic carbocycles. The molecule has 1 amide bonds. The Kier molecular flexibility index (Phi) is 5.01. The molecule has 1 aromatic rings. The molecular formula is C14H16BrF3N2O2. The minimum Gasteiger partial charge on any atom is -0.484 e. The minimum absolute atomic E-state index is 0.0136. The maximum atomic E-state index is 12.3. The number of hydrogen-bond donors (Lipinski definition) is 0. The van der Waals surface area contributed by atoms with Gasteiger partial charge in [-0.3, -0.25) is 4.79 Å². The number of ether oxygens (including phenoxy) is 1. The highest BCUT2D eigenvalue weighted by Gasteiger charge is 2.33. The molecule has 4 nitrogen and oxygen atoms in total. The zero-order valence-corrected chi connectivity index (χ0v) is 13.7. The van der Waals surface area contributed by atoms with Gasteiger partial charge in [-0.05, 0) is 32.3 Å². The topological polar surface area (TPSA) is 32.8 Å². The number of halogens is 4. The largest absolute Gasteiger partial charge is 0.484 e. The number of rotatable bonds is 4. The molecule has 2 rings (SSSR count). The highest BCUT2D eigenvalue weighted by molar-refractivity contribution is 9.10. The predicted octanol–water partition coefficient (Wildman–Crippen LogP) is 2.78. The van der Waals surface area contributed by atoms with Crippen LogP contribution in [0.1, 0.15) is 10.4 Å². The normalized spacial score (nSPS) is 15.9. The maximum absolute atomic E-state index is 12.3. The number of hydrogen-bond acceptors (Lipinski definition) is 3. The molecule has 0 spiro atoms. The Morgan fingerprint density at radius 1 is 1.36 bits per heavy atom. The summed E-state index contributed by atoms with van der Waals surface area (Å²) < 4.78 is 41.8. The van der Waals surface area contributed by atoms with E-state index >= 15 is 0 Å². The van der Waals surface area contributed by atoms with Gasteiger partial charge in [-0.1, -0.05) is 15.9 Å². The highest BCUT2D eigenvalue weighted by Crippen LogP contribution is 2.26.